The Hall–Kier alpha value is -2.60. The van der Waals surface area contributed by atoms with Crippen molar-refractivity contribution in [2.75, 3.05) is 0 Å². The fourth-order valence-corrected chi connectivity index (χ4v) is 6.07. The molecule has 1 fully saturated rings. The molecule has 1 aliphatic carbocycles. The summed E-state index contributed by atoms with van der Waals surface area (Å²) in [6.45, 7) is 4.90. The first-order valence-electron chi connectivity index (χ1n) is 11.7. The highest BCUT2D eigenvalue weighted by Crippen LogP contribution is 2.35. The van der Waals surface area contributed by atoms with Crippen molar-refractivity contribution in [2.45, 2.75) is 77.0 Å². The van der Waals surface area contributed by atoms with Gasteiger partial charge in [0.15, 0.2) is 0 Å². The number of aromatic nitrogens is 1. The minimum absolute atomic E-state index is 0.0333. The van der Waals surface area contributed by atoms with Gasteiger partial charge in [0.1, 0.15) is 11.2 Å². The van der Waals surface area contributed by atoms with Crippen LogP contribution in [0.2, 0.25) is 0 Å². The summed E-state index contributed by atoms with van der Waals surface area (Å²) in [4.78, 5) is 29.4. The van der Waals surface area contributed by atoms with E-state index < -0.39 is 5.54 Å². The Bertz CT molecular complexity index is 1150. The molecule has 0 saturated heterocycles. The zero-order valence-electron chi connectivity index (χ0n) is 18.9. The van der Waals surface area contributed by atoms with E-state index in [0.717, 1.165) is 47.0 Å². The van der Waals surface area contributed by atoms with E-state index in [1.54, 1.807) is 16.2 Å². The van der Waals surface area contributed by atoms with Gasteiger partial charge in [-0.25, -0.2) is 0 Å². The van der Waals surface area contributed by atoms with Gasteiger partial charge in [0.25, 0.3) is 5.91 Å². The van der Waals surface area contributed by atoms with Crippen LogP contribution >= 0.6 is 11.3 Å². The normalized spacial score (nSPS) is 22.1. The number of nitrogens with zero attached hydrogens (tertiary/aromatic N) is 2. The molecule has 168 valence electrons. The molecule has 3 aromatic rings. The van der Waals surface area contributed by atoms with Crippen molar-refractivity contribution in [3.8, 4) is 0 Å². The van der Waals surface area contributed by atoms with Crippen LogP contribution in [0.3, 0.4) is 0 Å². The van der Waals surface area contributed by atoms with E-state index in [1.807, 2.05) is 30.5 Å². The Morgan fingerprint density at radius 3 is 2.66 bits per heavy atom. The summed E-state index contributed by atoms with van der Waals surface area (Å²) in [5, 5.41) is 5.39. The standard InChI is InChI=1S/C26H31N3O2S/c1-18-9-7-8-10-19(18)16-29-24(30)22-15-23-21(13-14-32-23)28(22)17-26(29,2)25(31)27-20-11-5-3-4-6-12-20/h7-10,13-15,20H,3-6,11-12,16-17H2,1-2H3,(H,27,31)/t26-/m1/s1. The maximum atomic E-state index is 13.8. The van der Waals surface area contributed by atoms with E-state index in [2.05, 4.69) is 35.0 Å². The number of rotatable bonds is 4. The van der Waals surface area contributed by atoms with Gasteiger partial charge in [-0.2, -0.15) is 0 Å². The van der Waals surface area contributed by atoms with Gasteiger partial charge in [0.05, 0.1) is 16.8 Å². The molecule has 2 aromatic heterocycles. The second-order valence-corrected chi connectivity index (χ2v) is 10.5. The lowest BCUT2D eigenvalue weighted by molar-refractivity contribution is -0.134. The molecule has 0 radical (unpaired) electrons. The van der Waals surface area contributed by atoms with E-state index in [9.17, 15) is 9.59 Å². The first-order valence-corrected chi connectivity index (χ1v) is 12.6. The molecule has 1 atom stereocenters. The topological polar surface area (TPSA) is 54.3 Å². The molecule has 1 aliphatic heterocycles. The number of amides is 2. The zero-order chi connectivity index (χ0) is 22.3. The van der Waals surface area contributed by atoms with Crippen molar-refractivity contribution in [1.29, 1.82) is 0 Å². The summed E-state index contributed by atoms with van der Waals surface area (Å²) in [6.07, 6.45) is 6.85. The van der Waals surface area contributed by atoms with E-state index in [4.69, 9.17) is 0 Å². The molecule has 2 aliphatic rings. The molecular weight excluding hydrogens is 418 g/mol. The molecule has 0 bridgehead atoms. The smallest absolute Gasteiger partial charge is 0.271 e. The molecule has 5 nitrogen and oxygen atoms in total. The van der Waals surface area contributed by atoms with E-state index in [-0.39, 0.29) is 17.9 Å². The number of carbonyl (C=O) groups excluding carboxylic acids is 2. The van der Waals surface area contributed by atoms with E-state index >= 15 is 0 Å². The SMILES string of the molecule is Cc1ccccc1CN1C(=O)c2cc3sccc3n2C[C@]1(C)C(=O)NC1CCCCCC1. The molecule has 1 saturated carbocycles. The summed E-state index contributed by atoms with van der Waals surface area (Å²) < 4.78 is 3.15. The highest BCUT2D eigenvalue weighted by molar-refractivity contribution is 7.17. The summed E-state index contributed by atoms with van der Waals surface area (Å²) in [6, 6.07) is 12.4. The van der Waals surface area contributed by atoms with Gasteiger partial charge in [-0.15, -0.1) is 11.3 Å². The highest BCUT2D eigenvalue weighted by atomic mass is 32.1. The van der Waals surface area contributed by atoms with Crippen molar-refractivity contribution in [1.82, 2.24) is 14.8 Å². The van der Waals surface area contributed by atoms with Crippen LogP contribution in [0.15, 0.2) is 41.8 Å². The Kier molecular flexibility index (Phi) is 5.58. The maximum absolute atomic E-state index is 13.8. The average Bonchev–Trinajstić information content (AvgIpc) is 3.27. The number of carbonyl (C=O) groups is 2. The van der Waals surface area contributed by atoms with Crippen LogP contribution in [0.1, 0.15) is 67.1 Å². The number of hydrogen-bond acceptors (Lipinski definition) is 3. The highest BCUT2D eigenvalue weighted by Gasteiger charge is 2.48. The van der Waals surface area contributed by atoms with Crippen LogP contribution in [-0.4, -0.2) is 32.9 Å². The third-order valence-electron chi connectivity index (χ3n) is 7.32. The van der Waals surface area contributed by atoms with Crippen LogP contribution in [0.5, 0.6) is 0 Å². The number of fused-ring (bicyclic) bond motifs is 3. The predicted octanol–water partition coefficient (Wildman–Crippen LogP) is 5.26. The minimum atomic E-state index is -0.952. The summed E-state index contributed by atoms with van der Waals surface area (Å²) in [5.41, 5.74) is 2.99. The second-order valence-electron chi connectivity index (χ2n) is 9.54. The van der Waals surface area contributed by atoms with Gasteiger partial charge in [-0.3, -0.25) is 9.59 Å². The molecule has 0 unspecified atom stereocenters. The quantitative estimate of drug-likeness (QED) is 0.552. The number of aryl methyl sites for hydroxylation is 1. The third-order valence-corrected chi connectivity index (χ3v) is 8.17. The van der Waals surface area contributed by atoms with Crippen molar-refractivity contribution < 1.29 is 9.59 Å². The Balaban J connectivity index is 1.53. The van der Waals surface area contributed by atoms with Gasteiger partial charge in [-0.05, 0) is 55.3 Å². The van der Waals surface area contributed by atoms with Crippen molar-refractivity contribution in [2.24, 2.45) is 0 Å². The molecular formula is C26H31N3O2S. The lowest BCUT2D eigenvalue weighted by Crippen LogP contribution is -2.64. The first kappa shape index (κ1) is 21.3. The van der Waals surface area contributed by atoms with E-state index in [1.165, 1.54) is 12.8 Å². The summed E-state index contributed by atoms with van der Waals surface area (Å²) in [7, 11) is 0. The molecule has 1 aromatic carbocycles. The molecule has 5 rings (SSSR count). The molecule has 1 N–H and O–H groups in total. The molecule has 6 heteroatoms. The maximum Gasteiger partial charge on any atom is 0.271 e. The fraction of sp³-hybridized carbons (Fsp3) is 0.462. The number of nitrogens with one attached hydrogen (secondary N) is 1. The van der Waals surface area contributed by atoms with Crippen LogP contribution in [0.25, 0.3) is 10.2 Å². The summed E-state index contributed by atoms with van der Waals surface area (Å²) >= 11 is 1.64. The molecule has 32 heavy (non-hydrogen) atoms. The first-order chi connectivity index (χ1) is 15.5. The van der Waals surface area contributed by atoms with E-state index in [0.29, 0.717) is 18.8 Å². The Labute approximate surface area is 193 Å². The minimum Gasteiger partial charge on any atom is -0.351 e. The predicted molar refractivity (Wildman–Crippen MR) is 129 cm³/mol. The molecule has 3 heterocycles. The van der Waals surface area contributed by atoms with Gasteiger partial charge < -0.3 is 14.8 Å². The van der Waals surface area contributed by atoms with Crippen molar-refractivity contribution >= 4 is 33.4 Å². The van der Waals surface area contributed by atoms with Gasteiger partial charge in [-0.1, -0.05) is 49.9 Å². The monoisotopic (exact) mass is 449 g/mol. The Morgan fingerprint density at radius 2 is 1.91 bits per heavy atom. The van der Waals surface area contributed by atoms with Gasteiger partial charge in [0, 0.05) is 12.6 Å². The van der Waals surface area contributed by atoms with Crippen LogP contribution in [0.4, 0.5) is 0 Å². The van der Waals surface area contributed by atoms with Crippen LogP contribution < -0.4 is 5.32 Å². The largest absolute Gasteiger partial charge is 0.351 e. The third kappa shape index (κ3) is 3.64. The lowest BCUT2D eigenvalue weighted by Gasteiger charge is -2.44. The number of hydrogen-bond donors (Lipinski definition) is 1. The molecule has 0 spiro atoms. The van der Waals surface area contributed by atoms with Crippen molar-refractivity contribution in [3.05, 3.63) is 58.6 Å². The van der Waals surface area contributed by atoms with Gasteiger partial charge in [0.2, 0.25) is 5.91 Å². The number of benzene rings is 1. The van der Waals surface area contributed by atoms with Gasteiger partial charge >= 0.3 is 0 Å². The summed E-state index contributed by atoms with van der Waals surface area (Å²) in [5.74, 6) is -0.101. The lowest BCUT2D eigenvalue weighted by atomic mass is 9.92. The number of thiophene rings is 1. The van der Waals surface area contributed by atoms with Crippen LogP contribution in [-0.2, 0) is 17.9 Å². The molecule has 2 amide bonds. The van der Waals surface area contributed by atoms with Crippen molar-refractivity contribution in [3.63, 3.8) is 0 Å². The fourth-order valence-electron chi connectivity index (χ4n) is 5.24. The second kappa shape index (κ2) is 8.39. The Morgan fingerprint density at radius 1 is 1.16 bits per heavy atom. The average molecular weight is 450 g/mol. The zero-order valence-corrected chi connectivity index (χ0v) is 19.7. The van der Waals surface area contributed by atoms with Crippen LogP contribution in [0, 0.1) is 6.92 Å².